The standard InChI is InChI=1S/C20H19FN2O/c1-15(2)23(14-18-5-3-17(13-22)4-6-18)20(24)12-9-16-7-10-19(21)11-8-16/h3-12,15H,14H2,1-2H3/b12-9+. The predicted molar refractivity (Wildman–Crippen MR) is 92.3 cm³/mol. The fourth-order valence-corrected chi connectivity index (χ4v) is 2.23. The van der Waals surface area contributed by atoms with Crippen molar-refractivity contribution < 1.29 is 9.18 Å². The van der Waals surface area contributed by atoms with E-state index in [2.05, 4.69) is 6.07 Å². The highest BCUT2D eigenvalue weighted by Crippen LogP contribution is 2.12. The summed E-state index contributed by atoms with van der Waals surface area (Å²) in [6.45, 7) is 4.37. The van der Waals surface area contributed by atoms with E-state index in [-0.39, 0.29) is 17.8 Å². The number of benzene rings is 2. The van der Waals surface area contributed by atoms with Crippen molar-refractivity contribution in [2.45, 2.75) is 26.4 Å². The third-order valence-electron chi connectivity index (χ3n) is 3.63. The molecule has 0 atom stereocenters. The molecular formula is C20H19FN2O. The molecule has 0 aromatic heterocycles. The maximum absolute atomic E-state index is 12.9. The van der Waals surface area contributed by atoms with Gasteiger partial charge in [-0.1, -0.05) is 24.3 Å². The smallest absolute Gasteiger partial charge is 0.247 e. The van der Waals surface area contributed by atoms with Gasteiger partial charge in [-0.15, -0.1) is 0 Å². The second-order valence-corrected chi connectivity index (χ2v) is 5.75. The van der Waals surface area contributed by atoms with Crippen LogP contribution in [0.25, 0.3) is 6.08 Å². The minimum atomic E-state index is -0.303. The zero-order valence-electron chi connectivity index (χ0n) is 13.7. The first-order valence-corrected chi connectivity index (χ1v) is 7.73. The number of halogens is 1. The van der Waals surface area contributed by atoms with Crippen LogP contribution in [0.5, 0.6) is 0 Å². The van der Waals surface area contributed by atoms with E-state index in [0.29, 0.717) is 12.1 Å². The normalized spacial score (nSPS) is 10.8. The minimum Gasteiger partial charge on any atom is -0.332 e. The molecule has 0 saturated carbocycles. The lowest BCUT2D eigenvalue weighted by molar-refractivity contribution is -0.128. The fourth-order valence-electron chi connectivity index (χ4n) is 2.23. The molecule has 2 aromatic rings. The van der Waals surface area contributed by atoms with Crippen LogP contribution in [0.3, 0.4) is 0 Å². The average Bonchev–Trinajstić information content (AvgIpc) is 2.59. The maximum Gasteiger partial charge on any atom is 0.247 e. The SMILES string of the molecule is CC(C)N(Cc1ccc(C#N)cc1)C(=O)/C=C/c1ccc(F)cc1. The Kier molecular flexibility index (Phi) is 5.86. The number of hydrogen-bond acceptors (Lipinski definition) is 2. The summed E-state index contributed by atoms with van der Waals surface area (Å²) in [4.78, 5) is 14.2. The number of hydrogen-bond donors (Lipinski definition) is 0. The first kappa shape index (κ1) is 17.4. The molecule has 0 bridgehead atoms. The molecule has 0 aliphatic heterocycles. The van der Waals surface area contributed by atoms with E-state index < -0.39 is 0 Å². The van der Waals surface area contributed by atoms with E-state index in [9.17, 15) is 9.18 Å². The lowest BCUT2D eigenvalue weighted by Crippen LogP contribution is -2.35. The van der Waals surface area contributed by atoms with Crippen LogP contribution in [0.2, 0.25) is 0 Å². The molecule has 2 aromatic carbocycles. The van der Waals surface area contributed by atoms with Crippen molar-refractivity contribution >= 4 is 12.0 Å². The fraction of sp³-hybridized carbons (Fsp3) is 0.200. The zero-order valence-corrected chi connectivity index (χ0v) is 13.7. The van der Waals surface area contributed by atoms with Gasteiger partial charge in [0, 0.05) is 18.7 Å². The van der Waals surface area contributed by atoms with Crippen molar-refractivity contribution in [3.8, 4) is 6.07 Å². The number of rotatable bonds is 5. The third-order valence-corrected chi connectivity index (χ3v) is 3.63. The summed E-state index contributed by atoms with van der Waals surface area (Å²) >= 11 is 0. The van der Waals surface area contributed by atoms with E-state index in [1.54, 1.807) is 35.2 Å². The Bertz CT molecular complexity index is 756. The summed E-state index contributed by atoms with van der Waals surface area (Å²) in [5.74, 6) is -0.415. The Labute approximate surface area is 141 Å². The van der Waals surface area contributed by atoms with Crippen LogP contribution in [-0.2, 0) is 11.3 Å². The van der Waals surface area contributed by atoms with Crippen molar-refractivity contribution in [1.82, 2.24) is 4.90 Å². The highest BCUT2D eigenvalue weighted by atomic mass is 19.1. The van der Waals surface area contributed by atoms with Gasteiger partial charge in [0.15, 0.2) is 0 Å². The van der Waals surface area contributed by atoms with Gasteiger partial charge in [-0.05, 0) is 55.3 Å². The van der Waals surface area contributed by atoms with Crippen molar-refractivity contribution in [3.05, 3.63) is 77.1 Å². The summed E-state index contributed by atoms with van der Waals surface area (Å²) in [7, 11) is 0. The summed E-state index contributed by atoms with van der Waals surface area (Å²) in [6.07, 6.45) is 3.17. The second kappa shape index (κ2) is 8.07. The van der Waals surface area contributed by atoms with Crippen LogP contribution in [0.15, 0.2) is 54.6 Å². The van der Waals surface area contributed by atoms with E-state index in [0.717, 1.165) is 11.1 Å². The van der Waals surface area contributed by atoms with Gasteiger partial charge >= 0.3 is 0 Å². The number of nitriles is 1. The van der Waals surface area contributed by atoms with Crippen molar-refractivity contribution in [2.24, 2.45) is 0 Å². The van der Waals surface area contributed by atoms with Gasteiger partial charge in [0.05, 0.1) is 11.6 Å². The Morgan fingerprint density at radius 3 is 2.33 bits per heavy atom. The van der Waals surface area contributed by atoms with Gasteiger partial charge < -0.3 is 4.90 Å². The molecule has 0 aliphatic rings. The number of nitrogens with zero attached hydrogens (tertiary/aromatic N) is 2. The first-order valence-electron chi connectivity index (χ1n) is 7.73. The molecule has 0 heterocycles. The summed E-state index contributed by atoms with van der Waals surface area (Å²) in [5, 5.41) is 8.84. The van der Waals surface area contributed by atoms with Crippen LogP contribution in [0.4, 0.5) is 4.39 Å². The minimum absolute atomic E-state index is 0.0333. The van der Waals surface area contributed by atoms with Crippen LogP contribution in [0.1, 0.15) is 30.5 Å². The quantitative estimate of drug-likeness (QED) is 0.776. The maximum atomic E-state index is 12.9. The van der Waals surface area contributed by atoms with Gasteiger partial charge in [0.25, 0.3) is 0 Å². The highest BCUT2D eigenvalue weighted by Gasteiger charge is 2.14. The molecule has 0 fully saturated rings. The Balaban J connectivity index is 2.09. The van der Waals surface area contributed by atoms with E-state index in [1.807, 2.05) is 26.0 Å². The Morgan fingerprint density at radius 2 is 1.79 bits per heavy atom. The number of amides is 1. The van der Waals surface area contributed by atoms with E-state index in [1.165, 1.54) is 18.2 Å². The van der Waals surface area contributed by atoms with E-state index in [4.69, 9.17) is 5.26 Å². The zero-order chi connectivity index (χ0) is 17.5. The van der Waals surface area contributed by atoms with Gasteiger partial charge in [0.2, 0.25) is 5.91 Å². The lowest BCUT2D eigenvalue weighted by Gasteiger charge is -2.25. The molecule has 0 radical (unpaired) electrons. The largest absolute Gasteiger partial charge is 0.332 e. The lowest BCUT2D eigenvalue weighted by atomic mass is 10.1. The molecule has 0 aliphatic carbocycles. The molecule has 2 rings (SSSR count). The van der Waals surface area contributed by atoms with Crippen LogP contribution in [0, 0.1) is 17.1 Å². The van der Waals surface area contributed by atoms with Gasteiger partial charge in [-0.25, -0.2) is 4.39 Å². The van der Waals surface area contributed by atoms with E-state index >= 15 is 0 Å². The number of carbonyl (C=O) groups is 1. The molecule has 1 amide bonds. The van der Waals surface area contributed by atoms with Crippen LogP contribution in [-0.4, -0.2) is 16.8 Å². The molecule has 0 N–H and O–H groups in total. The van der Waals surface area contributed by atoms with Gasteiger partial charge in [-0.3, -0.25) is 4.79 Å². The molecular weight excluding hydrogens is 303 g/mol. The molecule has 0 unspecified atom stereocenters. The van der Waals surface area contributed by atoms with Crippen molar-refractivity contribution in [2.75, 3.05) is 0 Å². The van der Waals surface area contributed by atoms with Crippen molar-refractivity contribution in [1.29, 1.82) is 5.26 Å². The van der Waals surface area contributed by atoms with Gasteiger partial charge in [0.1, 0.15) is 5.82 Å². The Hall–Kier alpha value is -2.93. The first-order chi connectivity index (χ1) is 11.5. The highest BCUT2D eigenvalue weighted by molar-refractivity contribution is 5.91. The third kappa shape index (κ3) is 4.79. The average molecular weight is 322 g/mol. The van der Waals surface area contributed by atoms with Gasteiger partial charge in [-0.2, -0.15) is 5.26 Å². The van der Waals surface area contributed by atoms with Crippen LogP contribution < -0.4 is 0 Å². The topological polar surface area (TPSA) is 44.1 Å². The molecule has 3 nitrogen and oxygen atoms in total. The summed E-state index contributed by atoms with van der Waals surface area (Å²) in [6, 6.07) is 15.3. The summed E-state index contributed by atoms with van der Waals surface area (Å²) in [5.41, 5.74) is 2.33. The molecule has 0 spiro atoms. The number of carbonyl (C=O) groups excluding carboxylic acids is 1. The van der Waals surface area contributed by atoms with Crippen LogP contribution >= 0.6 is 0 Å². The van der Waals surface area contributed by atoms with Crippen molar-refractivity contribution in [3.63, 3.8) is 0 Å². The predicted octanol–water partition coefficient (Wildman–Crippen LogP) is 4.15. The Morgan fingerprint density at radius 1 is 1.17 bits per heavy atom. The second-order valence-electron chi connectivity index (χ2n) is 5.75. The molecule has 24 heavy (non-hydrogen) atoms. The molecule has 122 valence electrons. The molecule has 4 heteroatoms. The molecule has 0 saturated heterocycles. The summed E-state index contributed by atoms with van der Waals surface area (Å²) < 4.78 is 12.9. The monoisotopic (exact) mass is 322 g/mol.